The molecule has 1 aromatic rings. The molecule has 6 heteroatoms. The summed E-state index contributed by atoms with van der Waals surface area (Å²) in [5.41, 5.74) is 1.09. The van der Waals surface area contributed by atoms with E-state index in [-0.39, 0.29) is 17.6 Å². The van der Waals surface area contributed by atoms with Crippen LogP contribution in [-0.2, 0) is 10.0 Å². The van der Waals surface area contributed by atoms with Crippen LogP contribution in [0.15, 0.2) is 24.3 Å². The molecule has 0 saturated carbocycles. The van der Waals surface area contributed by atoms with Gasteiger partial charge in [0.15, 0.2) is 5.78 Å². The minimum atomic E-state index is -3.27. The lowest BCUT2D eigenvalue weighted by atomic mass is 10.0. The molecule has 2 N–H and O–H groups in total. The second kappa shape index (κ2) is 5.71. The van der Waals surface area contributed by atoms with E-state index < -0.39 is 10.0 Å². The molecule has 0 spiro atoms. The highest BCUT2D eigenvalue weighted by atomic mass is 32.2. The number of benzene rings is 1. The second-order valence-corrected chi connectivity index (χ2v) is 6.61. The molecule has 1 aliphatic heterocycles. The first kappa shape index (κ1) is 14.0. The number of rotatable bonds is 5. The number of Topliss-reactive ketones (excluding diaryl/α,β-unsaturated/α-hetero) is 1. The maximum Gasteiger partial charge on any atom is 0.232 e. The molecule has 2 rings (SSSR count). The Kier molecular flexibility index (Phi) is 4.21. The first-order chi connectivity index (χ1) is 9.02. The van der Waals surface area contributed by atoms with Gasteiger partial charge in [-0.3, -0.25) is 9.52 Å². The van der Waals surface area contributed by atoms with Crippen molar-refractivity contribution in [1.82, 2.24) is 5.32 Å². The Morgan fingerprint density at radius 2 is 2.05 bits per heavy atom. The topological polar surface area (TPSA) is 75.3 Å². The van der Waals surface area contributed by atoms with Gasteiger partial charge in [0, 0.05) is 11.3 Å². The average molecular weight is 282 g/mol. The van der Waals surface area contributed by atoms with Crippen molar-refractivity contribution in [2.24, 2.45) is 0 Å². The highest BCUT2D eigenvalue weighted by molar-refractivity contribution is 7.92. The molecule has 0 amide bonds. The van der Waals surface area contributed by atoms with Crippen molar-refractivity contribution < 1.29 is 13.2 Å². The van der Waals surface area contributed by atoms with Crippen LogP contribution in [0.4, 0.5) is 5.69 Å². The van der Waals surface area contributed by atoms with Crippen molar-refractivity contribution in [3.8, 4) is 0 Å². The summed E-state index contributed by atoms with van der Waals surface area (Å²) in [7, 11) is -3.27. The van der Waals surface area contributed by atoms with Gasteiger partial charge in [-0.15, -0.1) is 0 Å². The molecule has 1 aromatic carbocycles. The summed E-state index contributed by atoms with van der Waals surface area (Å²) >= 11 is 0. The van der Waals surface area contributed by atoms with Crippen LogP contribution in [0.2, 0.25) is 0 Å². The van der Waals surface area contributed by atoms with E-state index in [0.29, 0.717) is 11.3 Å². The lowest BCUT2D eigenvalue weighted by Gasteiger charge is -2.10. The highest BCUT2D eigenvalue weighted by Gasteiger charge is 2.23. The Morgan fingerprint density at radius 1 is 1.37 bits per heavy atom. The third-order valence-electron chi connectivity index (χ3n) is 3.20. The molecule has 1 aliphatic rings. The molecular weight excluding hydrogens is 264 g/mol. The molecule has 0 radical (unpaired) electrons. The van der Waals surface area contributed by atoms with Crippen molar-refractivity contribution in [3.05, 3.63) is 29.8 Å². The predicted octanol–water partition coefficient (Wildman–Crippen LogP) is 1.38. The number of sulfonamides is 1. The van der Waals surface area contributed by atoms with Gasteiger partial charge in [0.1, 0.15) is 0 Å². The molecule has 5 nitrogen and oxygen atoms in total. The van der Waals surface area contributed by atoms with Gasteiger partial charge in [-0.2, -0.15) is 0 Å². The van der Waals surface area contributed by atoms with E-state index in [9.17, 15) is 13.2 Å². The van der Waals surface area contributed by atoms with Gasteiger partial charge >= 0.3 is 0 Å². The summed E-state index contributed by atoms with van der Waals surface area (Å²) in [6.45, 7) is 2.46. The molecule has 1 saturated heterocycles. The lowest BCUT2D eigenvalue weighted by Crippen LogP contribution is -2.30. The maximum absolute atomic E-state index is 12.1. The van der Waals surface area contributed by atoms with Crippen LogP contribution in [0.5, 0.6) is 0 Å². The van der Waals surface area contributed by atoms with E-state index in [1.54, 1.807) is 31.2 Å². The monoisotopic (exact) mass is 282 g/mol. The Hall–Kier alpha value is -1.40. The zero-order valence-electron chi connectivity index (χ0n) is 10.8. The minimum Gasteiger partial charge on any atom is -0.307 e. The van der Waals surface area contributed by atoms with Gasteiger partial charge in [-0.1, -0.05) is 0 Å². The number of anilines is 1. The van der Waals surface area contributed by atoms with Crippen LogP contribution < -0.4 is 10.0 Å². The summed E-state index contributed by atoms with van der Waals surface area (Å²) in [6, 6.07) is 6.47. The third-order valence-corrected chi connectivity index (χ3v) is 4.51. The van der Waals surface area contributed by atoms with Crippen LogP contribution in [0.25, 0.3) is 0 Å². The SMILES string of the molecule is CCS(=O)(=O)Nc1ccc(C(=O)C2CCCN2)cc1. The first-order valence-corrected chi connectivity index (χ1v) is 8.05. The summed E-state index contributed by atoms with van der Waals surface area (Å²) in [5.74, 6) is 0.0991. The molecule has 1 atom stereocenters. The van der Waals surface area contributed by atoms with E-state index >= 15 is 0 Å². The number of carbonyl (C=O) groups excluding carboxylic acids is 1. The lowest BCUT2D eigenvalue weighted by molar-refractivity contribution is 0.0952. The van der Waals surface area contributed by atoms with Crippen molar-refractivity contribution in [2.75, 3.05) is 17.0 Å². The van der Waals surface area contributed by atoms with Crippen LogP contribution >= 0.6 is 0 Å². The molecule has 0 bridgehead atoms. The molecule has 1 fully saturated rings. The Morgan fingerprint density at radius 3 is 2.58 bits per heavy atom. The smallest absolute Gasteiger partial charge is 0.232 e. The average Bonchev–Trinajstić information content (AvgIpc) is 2.92. The molecule has 0 aliphatic carbocycles. The summed E-state index contributed by atoms with van der Waals surface area (Å²) in [6.07, 6.45) is 1.88. The number of carbonyl (C=O) groups is 1. The van der Waals surface area contributed by atoms with Gasteiger partial charge < -0.3 is 5.32 Å². The highest BCUT2D eigenvalue weighted by Crippen LogP contribution is 2.16. The summed E-state index contributed by atoms with van der Waals surface area (Å²) < 4.78 is 25.3. The fourth-order valence-corrected chi connectivity index (χ4v) is 2.70. The molecule has 1 heterocycles. The number of nitrogens with one attached hydrogen (secondary N) is 2. The molecule has 104 valence electrons. The standard InChI is InChI=1S/C13H18N2O3S/c1-2-19(17,18)15-11-7-5-10(6-8-11)13(16)12-4-3-9-14-12/h5-8,12,14-15H,2-4,9H2,1H3. The zero-order valence-corrected chi connectivity index (χ0v) is 11.7. The van der Waals surface area contributed by atoms with Crippen LogP contribution in [0, 0.1) is 0 Å². The summed E-state index contributed by atoms with van der Waals surface area (Å²) in [4.78, 5) is 12.1. The predicted molar refractivity (Wildman–Crippen MR) is 74.9 cm³/mol. The van der Waals surface area contributed by atoms with E-state index in [1.807, 2.05) is 0 Å². The van der Waals surface area contributed by atoms with E-state index in [4.69, 9.17) is 0 Å². The quantitative estimate of drug-likeness (QED) is 0.800. The zero-order chi connectivity index (χ0) is 13.9. The number of hydrogen-bond donors (Lipinski definition) is 2. The van der Waals surface area contributed by atoms with Crippen molar-refractivity contribution >= 4 is 21.5 Å². The molecule has 0 aromatic heterocycles. The third kappa shape index (κ3) is 3.54. The number of ketones is 1. The van der Waals surface area contributed by atoms with E-state index in [2.05, 4.69) is 10.0 Å². The Labute approximate surface area is 113 Å². The van der Waals surface area contributed by atoms with E-state index in [0.717, 1.165) is 19.4 Å². The van der Waals surface area contributed by atoms with Crippen LogP contribution in [0.3, 0.4) is 0 Å². The van der Waals surface area contributed by atoms with Gasteiger partial charge in [0.05, 0.1) is 11.8 Å². The Bertz CT molecular complexity index is 546. The molecular formula is C13H18N2O3S. The van der Waals surface area contributed by atoms with Crippen molar-refractivity contribution in [3.63, 3.8) is 0 Å². The molecule has 19 heavy (non-hydrogen) atoms. The summed E-state index contributed by atoms with van der Waals surface area (Å²) in [5, 5.41) is 3.16. The van der Waals surface area contributed by atoms with Crippen LogP contribution in [-0.4, -0.2) is 32.5 Å². The van der Waals surface area contributed by atoms with Crippen molar-refractivity contribution in [2.45, 2.75) is 25.8 Å². The Balaban J connectivity index is 2.08. The van der Waals surface area contributed by atoms with Gasteiger partial charge in [-0.05, 0) is 50.6 Å². The normalized spacial score (nSPS) is 19.3. The van der Waals surface area contributed by atoms with Crippen molar-refractivity contribution in [1.29, 1.82) is 0 Å². The maximum atomic E-state index is 12.1. The van der Waals surface area contributed by atoms with E-state index in [1.165, 1.54) is 0 Å². The minimum absolute atomic E-state index is 0.0275. The second-order valence-electron chi connectivity index (χ2n) is 4.60. The number of hydrogen-bond acceptors (Lipinski definition) is 4. The van der Waals surface area contributed by atoms with Crippen LogP contribution in [0.1, 0.15) is 30.1 Å². The first-order valence-electron chi connectivity index (χ1n) is 6.40. The van der Waals surface area contributed by atoms with Gasteiger partial charge in [-0.25, -0.2) is 8.42 Å². The fraction of sp³-hybridized carbons (Fsp3) is 0.462. The van der Waals surface area contributed by atoms with Gasteiger partial charge in [0.2, 0.25) is 10.0 Å². The van der Waals surface area contributed by atoms with Gasteiger partial charge in [0.25, 0.3) is 0 Å². The fourth-order valence-electron chi connectivity index (χ4n) is 2.06. The molecule has 1 unspecified atom stereocenters. The largest absolute Gasteiger partial charge is 0.307 e.